The number of hydrogen-bond acceptors (Lipinski definition) is 10. The van der Waals surface area contributed by atoms with Crippen LogP contribution in [0.25, 0.3) is 21.1 Å². The number of thiazole rings is 1. The first-order valence-corrected chi connectivity index (χ1v) is 13.6. The van der Waals surface area contributed by atoms with Gasteiger partial charge in [-0.05, 0) is 45.0 Å². The minimum atomic E-state index is -0.997. The number of ether oxygens (including phenoxy) is 1. The number of nitrogen functional groups attached to an aromatic ring is 1. The number of nitrogens with one attached hydrogen (secondary N) is 1. The van der Waals surface area contributed by atoms with E-state index < -0.39 is 11.6 Å². The van der Waals surface area contributed by atoms with E-state index in [2.05, 4.69) is 30.3 Å². The Morgan fingerprint density at radius 3 is 2.71 bits per heavy atom. The predicted octanol–water partition coefficient (Wildman–Crippen LogP) is 3.36. The molecule has 0 amide bonds. The number of piperazine rings is 1. The smallest absolute Gasteiger partial charge is 0.215 e. The highest BCUT2D eigenvalue weighted by molar-refractivity contribution is 7.22. The number of fused-ring (bicyclic) bond motifs is 4. The topological polar surface area (TPSA) is 105 Å². The number of anilines is 2. The van der Waals surface area contributed by atoms with Gasteiger partial charge < -0.3 is 25.6 Å². The second kappa shape index (κ2) is 10.2. The van der Waals surface area contributed by atoms with Crippen LogP contribution in [0.2, 0.25) is 0 Å². The van der Waals surface area contributed by atoms with Crippen LogP contribution >= 0.6 is 11.3 Å². The summed E-state index contributed by atoms with van der Waals surface area (Å²) in [5, 5.41) is 13.4. The van der Waals surface area contributed by atoms with Gasteiger partial charge in [0, 0.05) is 49.6 Å². The fraction of sp³-hybridized carbons (Fsp3) is 0.462. The number of benzene rings is 1. The zero-order valence-electron chi connectivity index (χ0n) is 21.4. The molecule has 0 radical (unpaired) electrons. The molecule has 2 bridgehead atoms. The Hall–Kier alpha value is -3.22. The summed E-state index contributed by atoms with van der Waals surface area (Å²) in [6, 6.07) is 4.08. The van der Waals surface area contributed by atoms with Crippen LogP contribution in [0.3, 0.4) is 0 Å². The number of nitrogens with zero attached hydrogens (tertiary/aromatic N) is 6. The monoisotopic (exact) mass is 540 g/mol. The summed E-state index contributed by atoms with van der Waals surface area (Å²) < 4.78 is 35.5. The minimum Gasteiger partial charge on any atom is -0.478 e. The van der Waals surface area contributed by atoms with E-state index >= 15 is 0 Å². The molecular formula is C26H30F2N8OS. The van der Waals surface area contributed by atoms with Crippen LogP contribution < -0.4 is 20.7 Å². The van der Waals surface area contributed by atoms with Crippen molar-refractivity contribution < 1.29 is 13.5 Å². The lowest BCUT2D eigenvalue weighted by Crippen LogP contribution is -2.51. The van der Waals surface area contributed by atoms with Gasteiger partial charge in [0.1, 0.15) is 11.0 Å². The van der Waals surface area contributed by atoms with E-state index in [1.165, 1.54) is 6.07 Å². The molecule has 3 aromatic heterocycles. The molecule has 2 fully saturated rings. The van der Waals surface area contributed by atoms with E-state index in [0.717, 1.165) is 61.3 Å². The number of nitrogens with two attached hydrogens (primary N) is 1. The molecule has 0 aliphatic carbocycles. The van der Waals surface area contributed by atoms with Gasteiger partial charge in [-0.1, -0.05) is 11.3 Å². The normalized spacial score (nSPS) is 19.2. The van der Waals surface area contributed by atoms with Gasteiger partial charge in [0.2, 0.25) is 5.88 Å². The summed E-state index contributed by atoms with van der Waals surface area (Å²) in [5.74, 6) is -1.45. The van der Waals surface area contributed by atoms with Crippen molar-refractivity contribution in [3.05, 3.63) is 41.2 Å². The Labute approximate surface area is 223 Å². The Morgan fingerprint density at radius 2 is 1.95 bits per heavy atom. The van der Waals surface area contributed by atoms with E-state index in [1.54, 1.807) is 6.20 Å². The number of aromatic nitrogens is 4. The van der Waals surface area contributed by atoms with Crippen molar-refractivity contribution in [2.24, 2.45) is 0 Å². The molecule has 2 aliphatic heterocycles. The van der Waals surface area contributed by atoms with Crippen molar-refractivity contribution in [2.75, 3.05) is 51.0 Å². The van der Waals surface area contributed by atoms with Gasteiger partial charge in [-0.3, -0.25) is 0 Å². The van der Waals surface area contributed by atoms with Crippen LogP contribution in [-0.4, -0.2) is 77.5 Å². The molecule has 2 saturated heterocycles. The third kappa shape index (κ3) is 4.83. The molecule has 38 heavy (non-hydrogen) atoms. The fourth-order valence-electron chi connectivity index (χ4n) is 5.49. The van der Waals surface area contributed by atoms with Crippen LogP contribution in [0.4, 0.5) is 19.6 Å². The average molecular weight is 541 g/mol. The van der Waals surface area contributed by atoms with Gasteiger partial charge in [-0.2, -0.15) is 10.2 Å². The first kappa shape index (κ1) is 25.1. The number of hydrogen-bond donors (Lipinski definition) is 2. The molecule has 0 spiro atoms. The summed E-state index contributed by atoms with van der Waals surface area (Å²) in [5.41, 5.74) is 8.51. The van der Waals surface area contributed by atoms with Gasteiger partial charge in [0.05, 0.1) is 28.9 Å². The summed E-state index contributed by atoms with van der Waals surface area (Å²) in [6.07, 6.45) is 5.11. The van der Waals surface area contributed by atoms with Crippen molar-refractivity contribution in [3.63, 3.8) is 0 Å². The third-order valence-electron chi connectivity index (χ3n) is 7.22. The Morgan fingerprint density at radius 1 is 1.16 bits per heavy atom. The van der Waals surface area contributed by atoms with Crippen molar-refractivity contribution in [2.45, 2.75) is 37.8 Å². The van der Waals surface area contributed by atoms with Gasteiger partial charge >= 0.3 is 0 Å². The van der Waals surface area contributed by atoms with Crippen LogP contribution in [0.1, 0.15) is 30.5 Å². The minimum absolute atomic E-state index is 0.0643. The van der Waals surface area contributed by atoms with Gasteiger partial charge in [0.25, 0.3) is 0 Å². The maximum Gasteiger partial charge on any atom is 0.215 e. The lowest BCUT2D eigenvalue weighted by atomic mass is 10.1. The molecule has 2 aliphatic rings. The number of pyridine rings is 1. The SMILES string of the molecule is CN(C)CCCOc1cc(N2CC3CCC(C2)N3)c2cnnc(Cc3cc(F)c(F)c4nc(N)sc34)c2n1. The Bertz CT molecular complexity index is 1480. The van der Waals surface area contributed by atoms with Crippen LogP contribution in [0.5, 0.6) is 5.88 Å². The zero-order valence-corrected chi connectivity index (χ0v) is 22.2. The molecule has 2 atom stereocenters. The molecule has 3 N–H and O–H groups in total. The van der Waals surface area contributed by atoms with Crippen molar-refractivity contribution in [1.29, 1.82) is 0 Å². The highest BCUT2D eigenvalue weighted by Gasteiger charge is 2.33. The molecule has 12 heteroatoms. The Balaban J connectivity index is 1.42. The molecule has 200 valence electrons. The van der Waals surface area contributed by atoms with Gasteiger partial charge in [0.15, 0.2) is 16.8 Å². The molecule has 2 unspecified atom stereocenters. The lowest BCUT2D eigenvalue weighted by Gasteiger charge is -2.35. The zero-order chi connectivity index (χ0) is 26.4. The molecule has 9 nitrogen and oxygen atoms in total. The second-order valence-corrected chi connectivity index (χ2v) is 11.4. The average Bonchev–Trinajstić information content (AvgIpc) is 3.45. The molecule has 6 rings (SSSR count). The number of rotatable bonds is 8. The molecular weight excluding hydrogens is 510 g/mol. The summed E-state index contributed by atoms with van der Waals surface area (Å²) in [7, 11) is 4.06. The Kier molecular flexibility index (Phi) is 6.70. The van der Waals surface area contributed by atoms with E-state index in [4.69, 9.17) is 15.5 Å². The standard InChI is InChI=1S/C26H30F2N8OS/c1-35(2)6-3-7-37-21-10-20(36-12-15-4-5-16(13-36)31-15)17-11-30-34-19(23(17)32-21)9-14-8-18(27)22(28)24-25(14)38-26(29)33-24/h8,10-11,15-16,31H,3-7,9,12-13H2,1-2H3,(H2,29,33). The summed E-state index contributed by atoms with van der Waals surface area (Å²) >= 11 is 1.13. The van der Waals surface area contributed by atoms with Crippen LogP contribution in [-0.2, 0) is 6.42 Å². The maximum absolute atomic E-state index is 14.5. The predicted molar refractivity (Wildman–Crippen MR) is 145 cm³/mol. The highest BCUT2D eigenvalue weighted by Crippen LogP contribution is 2.36. The molecule has 1 aromatic carbocycles. The van der Waals surface area contributed by atoms with E-state index in [0.29, 0.717) is 46.0 Å². The highest BCUT2D eigenvalue weighted by atomic mass is 32.1. The first-order valence-electron chi connectivity index (χ1n) is 12.8. The van der Waals surface area contributed by atoms with Gasteiger partial charge in [-0.15, -0.1) is 0 Å². The van der Waals surface area contributed by atoms with Crippen molar-refractivity contribution >= 4 is 43.3 Å². The second-order valence-electron chi connectivity index (χ2n) is 10.3. The quantitative estimate of drug-likeness (QED) is 0.326. The van der Waals surface area contributed by atoms with E-state index in [-0.39, 0.29) is 17.1 Å². The van der Waals surface area contributed by atoms with Crippen LogP contribution in [0.15, 0.2) is 18.3 Å². The molecule has 0 saturated carbocycles. The molecule has 4 aromatic rings. The third-order valence-corrected chi connectivity index (χ3v) is 8.18. The lowest BCUT2D eigenvalue weighted by molar-refractivity contribution is 0.274. The number of halogens is 2. The van der Waals surface area contributed by atoms with Crippen molar-refractivity contribution in [1.82, 2.24) is 30.4 Å². The molecule has 5 heterocycles. The first-order chi connectivity index (χ1) is 18.4. The summed E-state index contributed by atoms with van der Waals surface area (Å²) in [4.78, 5) is 13.3. The van der Waals surface area contributed by atoms with E-state index in [1.807, 2.05) is 20.2 Å². The van der Waals surface area contributed by atoms with Gasteiger partial charge in [-0.25, -0.2) is 18.7 Å². The van der Waals surface area contributed by atoms with E-state index in [9.17, 15) is 8.78 Å². The largest absolute Gasteiger partial charge is 0.478 e. The fourth-order valence-corrected chi connectivity index (χ4v) is 6.33. The summed E-state index contributed by atoms with van der Waals surface area (Å²) in [6.45, 7) is 3.21. The maximum atomic E-state index is 14.5. The van der Waals surface area contributed by atoms with Crippen molar-refractivity contribution in [3.8, 4) is 5.88 Å². The van der Waals surface area contributed by atoms with Crippen LogP contribution in [0, 0.1) is 11.6 Å².